The monoisotopic (exact) mass is 248 g/mol. The molecule has 0 amide bonds. The first-order valence-electron chi connectivity index (χ1n) is 5.39. The van der Waals surface area contributed by atoms with Gasteiger partial charge in [-0.05, 0) is 30.6 Å². The van der Waals surface area contributed by atoms with E-state index >= 15 is 0 Å². The molecule has 0 bridgehead atoms. The number of ketones is 1. The fourth-order valence-corrected chi connectivity index (χ4v) is 7.93. The van der Waals surface area contributed by atoms with Crippen LogP contribution >= 0.6 is 10.8 Å². The van der Waals surface area contributed by atoms with Gasteiger partial charge in [-0.3, -0.25) is 4.79 Å². The number of Topliss-reactive ketones (excluding diaryl/α,β-unsaturated/α-hetero) is 1. The lowest BCUT2D eigenvalue weighted by Gasteiger charge is -2.35. The van der Waals surface area contributed by atoms with Crippen LogP contribution in [0.3, 0.4) is 0 Å². The second-order valence-electron chi connectivity index (χ2n) is 4.53. The second-order valence-corrected chi connectivity index (χ2v) is 8.84. The SMILES string of the molecule is CC(=O)C1CSS(=O)(=O)C12CCCCC2. The van der Waals surface area contributed by atoms with Crippen molar-refractivity contribution in [3.8, 4) is 0 Å². The summed E-state index contributed by atoms with van der Waals surface area (Å²) < 4.78 is 23.4. The lowest BCUT2D eigenvalue weighted by molar-refractivity contribution is -0.121. The van der Waals surface area contributed by atoms with Gasteiger partial charge in [0.1, 0.15) is 5.78 Å². The van der Waals surface area contributed by atoms with Gasteiger partial charge in [-0.25, -0.2) is 8.42 Å². The molecule has 2 fully saturated rings. The van der Waals surface area contributed by atoms with Crippen LogP contribution in [0, 0.1) is 5.92 Å². The Hall–Kier alpha value is -0.0300. The van der Waals surface area contributed by atoms with E-state index < -0.39 is 13.6 Å². The van der Waals surface area contributed by atoms with Crippen molar-refractivity contribution in [3.63, 3.8) is 0 Å². The van der Waals surface area contributed by atoms with E-state index in [4.69, 9.17) is 0 Å². The Morgan fingerprint density at radius 1 is 1.27 bits per heavy atom. The molecule has 0 aromatic carbocycles. The third-order valence-corrected chi connectivity index (χ3v) is 8.52. The van der Waals surface area contributed by atoms with Crippen LogP contribution in [0.4, 0.5) is 0 Å². The molecule has 3 nitrogen and oxygen atoms in total. The first kappa shape index (κ1) is 11.5. The Kier molecular flexibility index (Phi) is 2.88. The number of hydrogen-bond donors (Lipinski definition) is 0. The molecule has 1 spiro atoms. The summed E-state index contributed by atoms with van der Waals surface area (Å²) in [7, 11) is -2.12. The van der Waals surface area contributed by atoms with E-state index in [2.05, 4.69) is 0 Å². The summed E-state index contributed by atoms with van der Waals surface area (Å²) in [5.74, 6) is 0.260. The average Bonchev–Trinajstić information content (AvgIpc) is 2.41. The third kappa shape index (κ3) is 1.64. The molecule has 1 atom stereocenters. The molecule has 0 aromatic heterocycles. The van der Waals surface area contributed by atoms with Crippen LogP contribution in [0.1, 0.15) is 39.0 Å². The normalized spacial score (nSPS) is 33.0. The first-order chi connectivity index (χ1) is 7.00. The molecule has 86 valence electrons. The van der Waals surface area contributed by atoms with E-state index in [9.17, 15) is 13.2 Å². The molecule has 1 unspecified atom stereocenters. The molecule has 1 aliphatic heterocycles. The number of hydrogen-bond acceptors (Lipinski definition) is 4. The minimum absolute atomic E-state index is 0.0467. The molecule has 0 N–H and O–H groups in total. The van der Waals surface area contributed by atoms with Gasteiger partial charge in [0, 0.05) is 11.7 Å². The summed E-state index contributed by atoms with van der Waals surface area (Å²) in [6.07, 6.45) is 4.37. The molecule has 1 heterocycles. The second kappa shape index (κ2) is 3.77. The van der Waals surface area contributed by atoms with Gasteiger partial charge in [-0.2, -0.15) is 0 Å². The molecule has 1 saturated carbocycles. The van der Waals surface area contributed by atoms with Crippen LogP contribution in [0.15, 0.2) is 0 Å². The molecular formula is C10H16O3S2. The van der Waals surface area contributed by atoms with Crippen molar-refractivity contribution >= 4 is 25.4 Å². The van der Waals surface area contributed by atoms with E-state index in [1.807, 2.05) is 0 Å². The Balaban J connectivity index is 2.41. The van der Waals surface area contributed by atoms with E-state index in [1.165, 1.54) is 6.92 Å². The van der Waals surface area contributed by atoms with Crippen LogP contribution in [-0.4, -0.2) is 24.7 Å². The Labute approximate surface area is 94.3 Å². The van der Waals surface area contributed by atoms with Crippen LogP contribution < -0.4 is 0 Å². The predicted molar refractivity (Wildman–Crippen MR) is 61.4 cm³/mol. The van der Waals surface area contributed by atoms with Crippen molar-refractivity contribution in [1.82, 2.24) is 0 Å². The minimum Gasteiger partial charge on any atom is -0.300 e. The maximum Gasteiger partial charge on any atom is 0.208 e. The Morgan fingerprint density at radius 2 is 1.87 bits per heavy atom. The highest BCUT2D eigenvalue weighted by Gasteiger charge is 2.57. The van der Waals surface area contributed by atoms with Gasteiger partial charge in [0.05, 0.1) is 4.75 Å². The fraction of sp³-hybridized carbons (Fsp3) is 0.900. The highest BCUT2D eigenvalue weighted by atomic mass is 33.1. The Morgan fingerprint density at radius 3 is 2.40 bits per heavy atom. The third-order valence-electron chi connectivity index (χ3n) is 3.71. The van der Waals surface area contributed by atoms with Crippen LogP contribution in [-0.2, 0) is 13.7 Å². The zero-order valence-electron chi connectivity index (χ0n) is 8.86. The molecule has 15 heavy (non-hydrogen) atoms. The highest BCUT2D eigenvalue weighted by Crippen LogP contribution is 2.52. The summed E-state index contributed by atoms with van der Waals surface area (Å²) in [4.78, 5) is 11.5. The van der Waals surface area contributed by atoms with Crippen molar-refractivity contribution in [1.29, 1.82) is 0 Å². The van der Waals surface area contributed by atoms with Crippen molar-refractivity contribution in [2.24, 2.45) is 5.92 Å². The quantitative estimate of drug-likeness (QED) is 0.666. The molecule has 0 aromatic rings. The van der Waals surface area contributed by atoms with Crippen molar-refractivity contribution in [2.75, 3.05) is 5.75 Å². The summed E-state index contributed by atoms with van der Waals surface area (Å²) in [6, 6.07) is 0. The van der Waals surface area contributed by atoms with Crippen LogP contribution in [0.2, 0.25) is 0 Å². The molecule has 2 aliphatic rings. The fourth-order valence-electron chi connectivity index (χ4n) is 2.84. The summed E-state index contributed by atoms with van der Waals surface area (Å²) >= 11 is 0. The molecule has 0 radical (unpaired) electrons. The Bertz CT molecular complexity index is 366. The van der Waals surface area contributed by atoms with Crippen LogP contribution in [0.25, 0.3) is 0 Å². The van der Waals surface area contributed by atoms with Crippen molar-refractivity contribution in [3.05, 3.63) is 0 Å². The minimum atomic E-state index is -3.11. The lowest BCUT2D eigenvalue weighted by Crippen LogP contribution is -2.44. The van der Waals surface area contributed by atoms with Gasteiger partial charge in [-0.15, -0.1) is 0 Å². The molecule has 1 aliphatic carbocycles. The number of rotatable bonds is 1. The molecule has 5 heteroatoms. The average molecular weight is 248 g/mol. The zero-order valence-corrected chi connectivity index (χ0v) is 10.5. The summed E-state index contributed by atoms with van der Waals surface area (Å²) in [6.45, 7) is 1.53. The van der Waals surface area contributed by atoms with Crippen molar-refractivity contribution < 1.29 is 13.2 Å². The van der Waals surface area contributed by atoms with Gasteiger partial charge in [0.15, 0.2) is 0 Å². The summed E-state index contributed by atoms with van der Waals surface area (Å²) in [5, 5.41) is 0. The van der Waals surface area contributed by atoms with Gasteiger partial charge in [-0.1, -0.05) is 19.3 Å². The van der Waals surface area contributed by atoms with Gasteiger partial charge < -0.3 is 0 Å². The van der Waals surface area contributed by atoms with E-state index in [1.54, 1.807) is 0 Å². The van der Waals surface area contributed by atoms with Crippen LogP contribution in [0.5, 0.6) is 0 Å². The predicted octanol–water partition coefficient (Wildman–Crippen LogP) is 1.97. The molecular weight excluding hydrogens is 232 g/mol. The standard InChI is InChI=1S/C10H16O3S2/c1-8(11)9-7-14-15(12,13)10(9)5-3-2-4-6-10/h9H,2-7H2,1H3. The maximum absolute atomic E-state index is 12.1. The number of carbonyl (C=O) groups is 1. The van der Waals surface area contributed by atoms with Gasteiger partial charge >= 0.3 is 0 Å². The molecule has 2 rings (SSSR count). The first-order valence-corrected chi connectivity index (χ1v) is 8.38. The van der Waals surface area contributed by atoms with E-state index in [0.29, 0.717) is 18.6 Å². The lowest BCUT2D eigenvalue weighted by atomic mass is 9.78. The van der Waals surface area contributed by atoms with E-state index in [-0.39, 0.29) is 11.7 Å². The largest absolute Gasteiger partial charge is 0.300 e. The summed E-state index contributed by atoms with van der Waals surface area (Å²) in [5.41, 5.74) is 0. The number of carbonyl (C=O) groups excluding carboxylic acids is 1. The molecule has 1 saturated heterocycles. The van der Waals surface area contributed by atoms with Gasteiger partial charge in [0.25, 0.3) is 0 Å². The van der Waals surface area contributed by atoms with E-state index in [0.717, 1.165) is 30.1 Å². The zero-order chi connectivity index (χ0) is 11.1. The van der Waals surface area contributed by atoms with Crippen molar-refractivity contribution in [2.45, 2.75) is 43.8 Å². The highest BCUT2D eigenvalue weighted by molar-refractivity contribution is 8.73. The maximum atomic E-state index is 12.1. The topological polar surface area (TPSA) is 51.2 Å². The van der Waals surface area contributed by atoms with Gasteiger partial charge in [0.2, 0.25) is 8.87 Å². The smallest absolute Gasteiger partial charge is 0.208 e.